The molecule has 2 aromatic heterocycles. The second-order valence-corrected chi connectivity index (χ2v) is 8.82. The molecule has 184 valence electrons. The van der Waals surface area contributed by atoms with Crippen molar-refractivity contribution in [2.24, 2.45) is 0 Å². The number of aromatic nitrogens is 3. The van der Waals surface area contributed by atoms with Gasteiger partial charge in [-0.05, 0) is 61.9 Å². The number of rotatable bonds is 7. The van der Waals surface area contributed by atoms with Gasteiger partial charge in [0.1, 0.15) is 18.7 Å². The van der Waals surface area contributed by atoms with Crippen LogP contribution in [-0.2, 0) is 11.3 Å². The quantitative estimate of drug-likeness (QED) is 0.374. The third-order valence-corrected chi connectivity index (χ3v) is 5.58. The van der Waals surface area contributed by atoms with Gasteiger partial charge in [-0.15, -0.1) is 0 Å². The largest absolute Gasteiger partial charge is 0.494 e. The molecule has 8 nitrogen and oxygen atoms in total. The van der Waals surface area contributed by atoms with Crippen molar-refractivity contribution in [2.45, 2.75) is 26.4 Å². The Morgan fingerprint density at radius 2 is 1.94 bits per heavy atom. The number of nitrogens with one attached hydrogen (secondary N) is 1. The molecular formula is C26H22ClFN4O4. The summed E-state index contributed by atoms with van der Waals surface area (Å²) in [6.07, 6.45) is 2.19. The van der Waals surface area contributed by atoms with Crippen molar-refractivity contribution in [3.05, 3.63) is 75.4 Å². The molecule has 0 fully saturated rings. The van der Waals surface area contributed by atoms with Crippen molar-refractivity contribution >= 4 is 34.8 Å². The summed E-state index contributed by atoms with van der Waals surface area (Å²) in [6.45, 7) is 3.30. The second kappa shape index (κ2) is 10.2. The summed E-state index contributed by atoms with van der Waals surface area (Å²) < 4.78 is 20.3. The fourth-order valence-corrected chi connectivity index (χ4v) is 4.03. The van der Waals surface area contributed by atoms with Crippen molar-refractivity contribution in [1.82, 2.24) is 19.9 Å². The molecule has 1 N–H and O–H groups in total. The van der Waals surface area contributed by atoms with Crippen LogP contribution in [0, 0.1) is 5.82 Å². The molecule has 0 aliphatic heterocycles. The van der Waals surface area contributed by atoms with E-state index in [2.05, 4.69) is 15.3 Å². The standard InChI is InChI=1S/C26H22ClFN4O4/c1-14(2)30-23(34)12-32-25(16-4-5-21(28)22(10-16)36-3)31-24-20(26(32)35)9-18(11-29-24)17-6-15(13-33)7-19(27)8-17/h4-11,13-14H,12H2,1-3H3,(H,30,34). The molecule has 0 spiro atoms. The first-order chi connectivity index (χ1) is 17.2. The zero-order valence-corrected chi connectivity index (χ0v) is 20.5. The predicted octanol–water partition coefficient (Wildman–Crippen LogP) is 4.26. The third kappa shape index (κ3) is 5.11. The lowest BCUT2D eigenvalue weighted by Crippen LogP contribution is -2.37. The van der Waals surface area contributed by atoms with E-state index in [0.29, 0.717) is 33.6 Å². The van der Waals surface area contributed by atoms with Crippen LogP contribution >= 0.6 is 11.6 Å². The van der Waals surface area contributed by atoms with Crippen molar-refractivity contribution in [3.63, 3.8) is 0 Å². The molecule has 10 heteroatoms. The number of benzene rings is 2. The summed E-state index contributed by atoms with van der Waals surface area (Å²) >= 11 is 6.14. The minimum absolute atomic E-state index is 0.0322. The molecule has 0 bridgehead atoms. The van der Waals surface area contributed by atoms with Gasteiger partial charge in [0.25, 0.3) is 5.56 Å². The summed E-state index contributed by atoms with van der Waals surface area (Å²) in [7, 11) is 1.33. The molecule has 4 rings (SSSR count). The molecular weight excluding hydrogens is 487 g/mol. The van der Waals surface area contributed by atoms with Crippen LogP contribution in [0.4, 0.5) is 4.39 Å². The van der Waals surface area contributed by atoms with Crippen molar-refractivity contribution in [2.75, 3.05) is 7.11 Å². The number of pyridine rings is 1. The van der Waals surface area contributed by atoms with Crippen LogP contribution in [0.5, 0.6) is 5.75 Å². The van der Waals surface area contributed by atoms with Gasteiger partial charge < -0.3 is 10.1 Å². The van der Waals surface area contributed by atoms with E-state index in [-0.39, 0.29) is 35.2 Å². The molecule has 0 aliphatic carbocycles. The lowest BCUT2D eigenvalue weighted by molar-refractivity contribution is -0.122. The van der Waals surface area contributed by atoms with E-state index in [1.165, 1.54) is 42.1 Å². The Kier molecular flexibility index (Phi) is 7.12. The van der Waals surface area contributed by atoms with E-state index in [1.807, 2.05) is 0 Å². The predicted molar refractivity (Wildman–Crippen MR) is 135 cm³/mol. The van der Waals surface area contributed by atoms with Crippen LogP contribution in [0.2, 0.25) is 5.02 Å². The van der Waals surface area contributed by atoms with Gasteiger partial charge in [0.15, 0.2) is 17.2 Å². The van der Waals surface area contributed by atoms with Gasteiger partial charge in [-0.25, -0.2) is 14.4 Å². The molecule has 36 heavy (non-hydrogen) atoms. The number of amides is 1. The third-order valence-electron chi connectivity index (χ3n) is 5.36. The number of carbonyl (C=O) groups excluding carboxylic acids is 2. The molecule has 1 amide bonds. The first-order valence-corrected chi connectivity index (χ1v) is 11.4. The van der Waals surface area contributed by atoms with E-state index in [1.54, 1.807) is 32.0 Å². The fraction of sp³-hybridized carbons (Fsp3) is 0.192. The van der Waals surface area contributed by atoms with E-state index >= 15 is 0 Å². The van der Waals surface area contributed by atoms with E-state index in [0.717, 1.165) is 0 Å². The van der Waals surface area contributed by atoms with Crippen LogP contribution in [0.3, 0.4) is 0 Å². The lowest BCUT2D eigenvalue weighted by Gasteiger charge is -2.15. The summed E-state index contributed by atoms with van der Waals surface area (Å²) in [5.74, 6) is -0.864. The Morgan fingerprint density at radius 1 is 1.17 bits per heavy atom. The topological polar surface area (TPSA) is 103 Å². The number of halogens is 2. The van der Waals surface area contributed by atoms with Gasteiger partial charge in [-0.1, -0.05) is 11.6 Å². The van der Waals surface area contributed by atoms with Crippen LogP contribution in [0.25, 0.3) is 33.5 Å². The lowest BCUT2D eigenvalue weighted by atomic mass is 10.0. The molecule has 0 radical (unpaired) electrons. The number of nitrogens with zero attached hydrogens (tertiary/aromatic N) is 3. The number of aldehydes is 1. The highest BCUT2D eigenvalue weighted by Gasteiger charge is 2.19. The van der Waals surface area contributed by atoms with Gasteiger partial charge >= 0.3 is 0 Å². The van der Waals surface area contributed by atoms with Gasteiger partial charge in [0.2, 0.25) is 5.91 Å². The first kappa shape index (κ1) is 25.0. The SMILES string of the molecule is COc1cc(-c2nc3ncc(-c4cc(Cl)cc(C=O)c4)cc3c(=O)n2CC(=O)NC(C)C)ccc1F. The molecule has 4 aromatic rings. The maximum atomic E-state index is 14.0. The number of hydrogen-bond donors (Lipinski definition) is 1. The maximum absolute atomic E-state index is 14.0. The molecule has 0 saturated carbocycles. The summed E-state index contributed by atoms with van der Waals surface area (Å²) in [4.78, 5) is 46.4. The zero-order chi connectivity index (χ0) is 26.0. The molecule has 0 aliphatic rings. The van der Waals surface area contributed by atoms with Crippen LogP contribution in [-0.4, -0.2) is 39.9 Å². The molecule has 0 atom stereocenters. The van der Waals surface area contributed by atoms with Crippen molar-refractivity contribution in [1.29, 1.82) is 0 Å². The summed E-state index contributed by atoms with van der Waals surface area (Å²) in [5, 5.41) is 3.28. The Labute approximate surface area is 210 Å². The summed E-state index contributed by atoms with van der Waals surface area (Å²) in [5.41, 5.74) is 1.51. The first-order valence-electron chi connectivity index (χ1n) is 11.0. The maximum Gasteiger partial charge on any atom is 0.263 e. The number of hydrogen-bond acceptors (Lipinski definition) is 6. The Balaban J connectivity index is 1.94. The fourth-order valence-electron chi connectivity index (χ4n) is 3.79. The highest BCUT2D eigenvalue weighted by atomic mass is 35.5. The smallest absolute Gasteiger partial charge is 0.263 e. The van der Waals surface area contributed by atoms with E-state index in [4.69, 9.17) is 16.3 Å². The number of carbonyl (C=O) groups is 2. The Hall–Kier alpha value is -4.11. The second-order valence-electron chi connectivity index (χ2n) is 8.38. The molecule has 2 aromatic carbocycles. The van der Waals surface area contributed by atoms with E-state index < -0.39 is 17.3 Å². The number of fused-ring (bicyclic) bond motifs is 1. The highest BCUT2D eigenvalue weighted by molar-refractivity contribution is 6.31. The van der Waals surface area contributed by atoms with Gasteiger partial charge in [0.05, 0.1) is 12.5 Å². The van der Waals surface area contributed by atoms with E-state index in [9.17, 15) is 18.8 Å². The zero-order valence-electron chi connectivity index (χ0n) is 19.7. The molecule has 2 heterocycles. The minimum Gasteiger partial charge on any atom is -0.494 e. The molecule has 0 unspecified atom stereocenters. The monoisotopic (exact) mass is 508 g/mol. The average Bonchev–Trinajstić information content (AvgIpc) is 2.85. The number of ether oxygens (including phenoxy) is 1. The van der Waals surface area contributed by atoms with Gasteiger partial charge in [0, 0.05) is 34.0 Å². The van der Waals surface area contributed by atoms with Crippen LogP contribution in [0.15, 0.2) is 53.5 Å². The Morgan fingerprint density at radius 3 is 2.64 bits per heavy atom. The van der Waals surface area contributed by atoms with Gasteiger partial charge in [-0.2, -0.15) is 0 Å². The minimum atomic E-state index is -0.576. The van der Waals surface area contributed by atoms with Crippen molar-refractivity contribution in [3.8, 4) is 28.3 Å². The summed E-state index contributed by atoms with van der Waals surface area (Å²) in [6, 6.07) is 10.3. The Bertz CT molecular complexity index is 1550. The van der Waals surface area contributed by atoms with Crippen LogP contribution < -0.4 is 15.6 Å². The van der Waals surface area contributed by atoms with Gasteiger partial charge in [-0.3, -0.25) is 19.0 Å². The highest BCUT2D eigenvalue weighted by Crippen LogP contribution is 2.28. The normalized spacial score (nSPS) is 11.1. The average molecular weight is 509 g/mol. The van der Waals surface area contributed by atoms with Crippen molar-refractivity contribution < 1.29 is 18.7 Å². The van der Waals surface area contributed by atoms with Crippen LogP contribution in [0.1, 0.15) is 24.2 Å². The number of methoxy groups -OCH3 is 1. The molecule has 0 saturated heterocycles.